The molecule has 0 aromatic heterocycles. The molecule has 2 N–H and O–H groups in total. The van der Waals surface area contributed by atoms with Gasteiger partial charge in [0.15, 0.2) is 0 Å². The number of amides is 1. The lowest BCUT2D eigenvalue weighted by molar-refractivity contribution is 0.0953. The maximum absolute atomic E-state index is 12.4. The van der Waals surface area contributed by atoms with E-state index in [1.165, 1.54) is 24.3 Å². The molecule has 134 valence electrons. The third-order valence-corrected chi connectivity index (χ3v) is 5.51. The molecule has 0 heterocycles. The molecule has 0 spiro atoms. The van der Waals surface area contributed by atoms with E-state index >= 15 is 0 Å². The maximum Gasteiger partial charge on any atom is 0.261 e. The normalized spacial score (nSPS) is 11.2. The van der Waals surface area contributed by atoms with E-state index in [9.17, 15) is 13.2 Å². The van der Waals surface area contributed by atoms with Crippen LogP contribution in [0.15, 0.2) is 47.4 Å². The Kier molecular flexibility index (Phi) is 6.70. The first-order valence-electron chi connectivity index (χ1n) is 7.69. The third-order valence-electron chi connectivity index (χ3n) is 3.39. The number of sulfonamides is 1. The number of carbonyl (C=O) groups excluding carboxylic acids is 1. The second-order valence-electron chi connectivity index (χ2n) is 5.37. The van der Waals surface area contributed by atoms with Crippen LogP contribution in [0.25, 0.3) is 0 Å². The van der Waals surface area contributed by atoms with Crippen molar-refractivity contribution in [1.82, 2.24) is 5.32 Å². The zero-order chi connectivity index (χ0) is 18.4. The molecule has 0 saturated heterocycles. The highest BCUT2D eigenvalue weighted by molar-refractivity contribution is 7.92. The molecule has 0 aliphatic heterocycles. The molecule has 0 radical (unpaired) electrons. The summed E-state index contributed by atoms with van der Waals surface area (Å²) in [6, 6.07) is 10.3. The van der Waals surface area contributed by atoms with Gasteiger partial charge in [0.05, 0.1) is 14.9 Å². The molecule has 5 nitrogen and oxygen atoms in total. The average molecular weight is 401 g/mol. The number of carbonyl (C=O) groups is 1. The molecule has 0 bridgehead atoms. The molecule has 0 aliphatic rings. The van der Waals surface area contributed by atoms with Crippen LogP contribution < -0.4 is 10.0 Å². The molecular formula is C17H18Cl2N2O3S. The molecule has 0 aliphatic carbocycles. The van der Waals surface area contributed by atoms with Crippen molar-refractivity contribution in [2.75, 3.05) is 11.3 Å². The van der Waals surface area contributed by atoms with E-state index in [4.69, 9.17) is 23.2 Å². The van der Waals surface area contributed by atoms with E-state index in [1.54, 1.807) is 18.2 Å². The number of nitrogens with one attached hydrogen (secondary N) is 2. The summed E-state index contributed by atoms with van der Waals surface area (Å²) in [6.07, 6.45) is 1.86. The van der Waals surface area contributed by atoms with Crippen molar-refractivity contribution in [3.63, 3.8) is 0 Å². The minimum atomic E-state index is -3.84. The Morgan fingerprint density at radius 1 is 1.08 bits per heavy atom. The Balaban J connectivity index is 2.17. The van der Waals surface area contributed by atoms with Crippen LogP contribution in [0.1, 0.15) is 30.1 Å². The number of unbranched alkanes of at least 4 members (excludes halogenated alkanes) is 1. The Hall–Kier alpha value is -1.76. The summed E-state index contributed by atoms with van der Waals surface area (Å²) in [5.74, 6) is -0.246. The molecule has 0 unspecified atom stereocenters. The van der Waals surface area contributed by atoms with Crippen LogP contribution in [0.2, 0.25) is 10.0 Å². The van der Waals surface area contributed by atoms with Crippen molar-refractivity contribution in [3.05, 3.63) is 58.1 Å². The van der Waals surface area contributed by atoms with Gasteiger partial charge in [0.2, 0.25) is 0 Å². The van der Waals surface area contributed by atoms with Crippen molar-refractivity contribution >= 4 is 44.8 Å². The molecule has 2 aromatic rings. The van der Waals surface area contributed by atoms with E-state index in [1.807, 2.05) is 6.92 Å². The van der Waals surface area contributed by atoms with Gasteiger partial charge in [-0.1, -0.05) is 42.6 Å². The fraction of sp³-hybridized carbons (Fsp3) is 0.235. The smallest absolute Gasteiger partial charge is 0.261 e. The van der Waals surface area contributed by atoms with Crippen molar-refractivity contribution < 1.29 is 13.2 Å². The fourth-order valence-electron chi connectivity index (χ4n) is 2.06. The average Bonchev–Trinajstić information content (AvgIpc) is 2.57. The van der Waals surface area contributed by atoms with Gasteiger partial charge >= 0.3 is 0 Å². The Morgan fingerprint density at radius 2 is 1.84 bits per heavy atom. The first-order chi connectivity index (χ1) is 11.8. The van der Waals surface area contributed by atoms with Gasteiger partial charge in [-0.25, -0.2) is 8.42 Å². The molecule has 1 amide bonds. The molecular weight excluding hydrogens is 383 g/mol. The van der Waals surface area contributed by atoms with Crippen molar-refractivity contribution in [2.24, 2.45) is 0 Å². The minimum Gasteiger partial charge on any atom is -0.352 e. The highest BCUT2D eigenvalue weighted by atomic mass is 35.5. The Bertz CT molecular complexity index is 870. The van der Waals surface area contributed by atoms with Crippen LogP contribution in [0.3, 0.4) is 0 Å². The lowest BCUT2D eigenvalue weighted by atomic mass is 10.2. The van der Waals surface area contributed by atoms with Crippen LogP contribution in [-0.2, 0) is 10.0 Å². The fourth-order valence-corrected chi connectivity index (χ4v) is 3.50. The van der Waals surface area contributed by atoms with Gasteiger partial charge < -0.3 is 5.32 Å². The number of hydrogen-bond acceptors (Lipinski definition) is 3. The van der Waals surface area contributed by atoms with Crippen LogP contribution >= 0.6 is 23.2 Å². The molecule has 0 saturated carbocycles. The van der Waals surface area contributed by atoms with Crippen molar-refractivity contribution in [2.45, 2.75) is 24.7 Å². The SMILES string of the molecule is CCCCNC(=O)c1cccc(NS(=O)(=O)c2ccc(Cl)c(Cl)c2)c1. The molecule has 2 aromatic carbocycles. The van der Waals surface area contributed by atoms with Gasteiger partial charge in [-0.3, -0.25) is 9.52 Å². The quantitative estimate of drug-likeness (QED) is 0.679. The zero-order valence-corrected chi connectivity index (χ0v) is 15.9. The van der Waals surface area contributed by atoms with Crippen LogP contribution in [-0.4, -0.2) is 20.9 Å². The topological polar surface area (TPSA) is 75.3 Å². The summed E-state index contributed by atoms with van der Waals surface area (Å²) < 4.78 is 27.3. The van der Waals surface area contributed by atoms with Gasteiger partial charge in [0.1, 0.15) is 0 Å². The van der Waals surface area contributed by atoms with Gasteiger partial charge in [-0.2, -0.15) is 0 Å². The van der Waals surface area contributed by atoms with Gasteiger partial charge in [-0.05, 0) is 42.8 Å². The number of hydrogen-bond donors (Lipinski definition) is 2. The Labute approximate surface area is 157 Å². The zero-order valence-electron chi connectivity index (χ0n) is 13.6. The molecule has 2 rings (SSSR count). The number of benzene rings is 2. The van der Waals surface area contributed by atoms with Crippen LogP contribution in [0.5, 0.6) is 0 Å². The second-order valence-corrected chi connectivity index (χ2v) is 7.87. The summed E-state index contributed by atoms with van der Waals surface area (Å²) in [5, 5.41) is 3.20. The Morgan fingerprint density at radius 3 is 2.52 bits per heavy atom. The predicted octanol–water partition coefficient (Wildman–Crippen LogP) is 4.32. The maximum atomic E-state index is 12.4. The summed E-state index contributed by atoms with van der Waals surface area (Å²) in [5.41, 5.74) is 0.666. The summed E-state index contributed by atoms with van der Waals surface area (Å²) >= 11 is 11.7. The lowest BCUT2D eigenvalue weighted by Gasteiger charge is -2.10. The molecule has 0 atom stereocenters. The first-order valence-corrected chi connectivity index (χ1v) is 9.93. The summed E-state index contributed by atoms with van der Waals surface area (Å²) in [6.45, 7) is 2.61. The first kappa shape index (κ1) is 19.6. The minimum absolute atomic E-state index is 0.0142. The highest BCUT2D eigenvalue weighted by Gasteiger charge is 2.16. The van der Waals surface area contributed by atoms with Crippen LogP contribution in [0.4, 0.5) is 5.69 Å². The largest absolute Gasteiger partial charge is 0.352 e. The number of rotatable bonds is 7. The number of anilines is 1. The monoisotopic (exact) mass is 400 g/mol. The van der Waals surface area contributed by atoms with Crippen molar-refractivity contribution in [3.8, 4) is 0 Å². The molecule has 8 heteroatoms. The van der Waals surface area contributed by atoms with Gasteiger partial charge in [0.25, 0.3) is 15.9 Å². The summed E-state index contributed by atoms with van der Waals surface area (Å²) in [7, 11) is -3.84. The lowest BCUT2D eigenvalue weighted by Crippen LogP contribution is -2.24. The standard InChI is InChI=1S/C17H18Cl2N2O3S/c1-2-3-9-20-17(22)12-5-4-6-13(10-12)21-25(23,24)14-7-8-15(18)16(19)11-14/h4-8,10-11,21H,2-3,9H2,1H3,(H,20,22). The van der Waals surface area contributed by atoms with Gasteiger partial charge in [-0.15, -0.1) is 0 Å². The van der Waals surface area contributed by atoms with Gasteiger partial charge in [0, 0.05) is 17.8 Å². The molecule has 0 fully saturated rings. The number of halogens is 2. The van der Waals surface area contributed by atoms with E-state index in [0.717, 1.165) is 12.8 Å². The van der Waals surface area contributed by atoms with E-state index in [0.29, 0.717) is 12.1 Å². The van der Waals surface area contributed by atoms with E-state index in [-0.39, 0.29) is 26.5 Å². The third kappa shape index (κ3) is 5.36. The molecule has 25 heavy (non-hydrogen) atoms. The predicted molar refractivity (Wildman–Crippen MR) is 101 cm³/mol. The second kappa shape index (κ2) is 8.56. The van der Waals surface area contributed by atoms with E-state index in [2.05, 4.69) is 10.0 Å². The summed E-state index contributed by atoms with van der Waals surface area (Å²) in [4.78, 5) is 12.1. The van der Waals surface area contributed by atoms with Crippen molar-refractivity contribution in [1.29, 1.82) is 0 Å². The highest BCUT2D eigenvalue weighted by Crippen LogP contribution is 2.26. The van der Waals surface area contributed by atoms with E-state index < -0.39 is 10.0 Å². The van der Waals surface area contributed by atoms with Crippen LogP contribution in [0, 0.1) is 0 Å².